The van der Waals surface area contributed by atoms with Crippen LogP contribution in [0.3, 0.4) is 0 Å². The zero-order chi connectivity index (χ0) is 13.2. The van der Waals surface area contributed by atoms with Gasteiger partial charge in [-0.2, -0.15) is 0 Å². The van der Waals surface area contributed by atoms with Crippen molar-refractivity contribution in [2.45, 2.75) is 46.6 Å². The van der Waals surface area contributed by atoms with Crippen molar-refractivity contribution in [2.24, 2.45) is 11.1 Å². The molecule has 1 atom stereocenters. The third-order valence-electron chi connectivity index (χ3n) is 2.88. The van der Waals surface area contributed by atoms with Gasteiger partial charge in [0.25, 0.3) is 0 Å². The maximum absolute atomic E-state index is 13.6. The fraction of sp³-hybridized carbons (Fsp3) is 0.571. The molecular weight excluding hydrogens is 220 g/mol. The fourth-order valence-corrected chi connectivity index (χ4v) is 1.71. The highest BCUT2D eigenvalue weighted by molar-refractivity contribution is 5.28. The van der Waals surface area contributed by atoms with Crippen molar-refractivity contribution in [3.63, 3.8) is 0 Å². The molecule has 0 bridgehead atoms. The average Bonchev–Trinajstić information content (AvgIpc) is 2.19. The van der Waals surface area contributed by atoms with Crippen LogP contribution in [0.2, 0.25) is 0 Å². The van der Waals surface area contributed by atoms with Crippen LogP contribution in [0, 0.1) is 24.0 Å². The number of benzene rings is 1. The molecular formula is C14H21F2N. The van der Waals surface area contributed by atoms with Crippen LogP contribution in [0.4, 0.5) is 8.78 Å². The molecule has 0 saturated heterocycles. The van der Waals surface area contributed by atoms with Crippen LogP contribution in [0.1, 0.15) is 50.8 Å². The third-order valence-corrected chi connectivity index (χ3v) is 2.88. The summed E-state index contributed by atoms with van der Waals surface area (Å²) in [5.41, 5.74) is 6.98. The van der Waals surface area contributed by atoms with Crippen molar-refractivity contribution in [1.82, 2.24) is 0 Å². The molecule has 0 aliphatic rings. The topological polar surface area (TPSA) is 26.0 Å². The molecule has 96 valence electrons. The molecule has 1 aromatic rings. The fourth-order valence-electron chi connectivity index (χ4n) is 1.71. The summed E-state index contributed by atoms with van der Waals surface area (Å²) in [5, 5.41) is 0. The maximum atomic E-state index is 13.6. The van der Waals surface area contributed by atoms with Crippen LogP contribution in [0.15, 0.2) is 12.1 Å². The molecule has 3 heteroatoms. The molecule has 1 nitrogen and oxygen atoms in total. The third kappa shape index (κ3) is 4.08. The number of hydrogen-bond donors (Lipinski definition) is 1. The summed E-state index contributed by atoms with van der Waals surface area (Å²) in [6.45, 7) is 7.97. The molecule has 0 heterocycles. The van der Waals surface area contributed by atoms with Crippen LogP contribution in [0.25, 0.3) is 0 Å². The van der Waals surface area contributed by atoms with Crippen LogP contribution in [0.5, 0.6) is 0 Å². The molecule has 0 aromatic heterocycles. The van der Waals surface area contributed by atoms with Crippen LogP contribution in [-0.2, 0) is 0 Å². The molecule has 17 heavy (non-hydrogen) atoms. The first-order valence-electron chi connectivity index (χ1n) is 5.92. The number of nitrogens with two attached hydrogens (primary N) is 1. The summed E-state index contributed by atoms with van der Waals surface area (Å²) in [6.07, 6.45) is 1.61. The van der Waals surface area contributed by atoms with E-state index in [0.29, 0.717) is 17.5 Å². The van der Waals surface area contributed by atoms with E-state index in [0.717, 1.165) is 12.5 Å². The molecule has 0 spiro atoms. The molecule has 0 saturated carbocycles. The maximum Gasteiger partial charge on any atom is 0.130 e. The standard InChI is InChI=1S/C14H21F2N/c1-9-7-10(12(16)8-11(9)15)13(17)5-6-14(2,3)4/h7-8,13H,5-6,17H2,1-4H3. The normalized spacial score (nSPS) is 13.8. The molecule has 0 amide bonds. The second kappa shape index (κ2) is 5.13. The number of aryl methyl sites for hydroxylation is 1. The van der Waals surface area contributed by atoms with Crippen LogP contribution < -0.4 is 5.73 Å². The Hall–Kier alpha value is -0.960. The first kappa shape index (κ1) is 14.1. The van der Waals surface area contributed by atoms with E-state index in [1.165, 1.54) is 6.07 Å². The molecule has 2 N–H and O–H groups in total. The Balaban J connectivity index is 2.82. The smallest absolute Gasteiger partial charge is 0.130 e. The summed E-state index contributed by atoms with van der Waals surface area (Å²) in [4.78, 5) is 0. The van der Waals surface area contributed by atoms with Gasteiger partial charge in [-0.1, -0.05) is 20.8 Å². The Kier molecular flexibility index (Phi) is 4.26. The summed E-state index contributed by atoms with van der Waals surface area (Å²) < 4.78 is 26.7. The summed E-state index contributed by atoms with van der Waals surface area (Å²) in [6, 6.07) is 2.06. The molecule has 0 aliphatic heterocycles. The van der Waals surface area contributed by atoms with Crippen LogP contribution >= 0.6 is 0 Å². The summed E-state index contributed by atoms with van der Waals surface area (Å²) in [5.74, 6) is -1.07. The van der Waals surface area contributed by atoms with E-state index in [-0.39, 0.29) is 11.5 Å². The van der Waals surface area contributed by atoms with E-state index in [2.05, 4.69) is 20.8 Å². The van der Waals surface area contributed by atoms with E-state index in [9.17, 15) is 8.78 Å². The second-order valence-corrected chi connectivity index (χ2v) is 5.83. The molecule has 1 aromatic carbocycles. The van der Waals surface area contributed by atoms with Gasteiger partial charge >= 0.3 is 0 Å². The van der Waals surface area contributed by atoms with Gasteiger partial charge in [-0.05, 0) is 36.8 Å². The first-order valence-corrected chi connectivity index (χ1v) is 5.92. The van der Waals surface area contributed by atoms with Gasteiger partial charge in [0, 0.05) is 17.7 Å². The first-order chi connectivity index (χ1) is 7.70. The number of rotatable bonds is 3. The molecule has 0 fully saturated rings. The van der Waals surface area contributed by atoms with Gasteiger partial charge < -0.3 is 5.73 Å². The average molecular weight is 241 g/mol. The second-order valence-electron chi connectivity index (χ2n) is 5.83. The van der Waals surface area contributed by atoms with Gasteiger partial charge in [0.2, 0.25) is 0 Å². The highest BCUT2D eigenvalue weighted by atomic mass is 19.1. The van der Waals surface area contributed by atoms with Crippen molar-refractivity contribution in [1.29, 1.82) is 0 Å². The zero-order valence-corrected chi connectivity index (χ0v) is 11.0. The lowest BCUT2D eigenvalue weighted by Crippen LogP contribution is -2.16. The Morgan fingerprint density at radius 3 is 2.29 bits per heavy atom. The SMILES string of the molecule is Cc1cc(C(N)CCC(C)(C)C)c(F)cc1F. The van der Waals surface area contributed by atoms with Crippen molar-refractivity contribution >= 4 is 0 Å². The Labute approximate surface area is 102 Å². The van der Waals surface area contributed by atoms with Crippen molar-refractivity contribution < 1.29 is 8.78 Å². The Morgan fingerprint density at radius 2 is 1.76 bits per heavy atom. The summed E-state index contributed by atoms with van der Waals surface area (Å²) >= 11 is 0. The van der Waals surface area contributed by atoms with E-state index in [1.807, 2.05) is 0 Å². The van der Waals surface area contributed by atoms with Crippen molar-refractivity contribution in [2.75, 3.05) is 0 Å². The largest absolute Gasteiger partial charge is 0.324 e. The van der Waals surface area contributed by atoms with Gasteiger partial charge in [0.05, 0.1) is 0 Å². The minimum atomic E-state index is -0.547. The van der Waals surface area contributed by atoms with Crippen LogP contribution in [-0.4, -0.2) is 0 Å². The van der Waals surface area contributed by atoms with Crippen molar-refractivity contribution in [3.8, 4) is 0 Å². The highest BCUT2D eigenvalue weighted by Gasteiger charge is 2.17. The highest BCUT2D eigenvalue weighted by Crippen LogP contribution is 2.28. The lowest BCUT2D eigenvalue weighted by atomic mass is 9.87. The number of hydrogen-bond acceptors (Lipinski definition) is 1. The zero-order valence-electron chi connectivity index (χ0n) is 11.0. The minimum Gasteiger partial charge on any atom is -0.324 e. The molecule has 0 aliphatic carbocycles. The van der Waals surface area contributed by atoms with Crippen molar-refractivity contribution in [3.05, 3.63) is 34.9 Å². The predicted octanol–water partition coefficient (Wildman–Crippen LogP) is 4.10. The van der Waals surface area contributed by atoms with E-state index >= 15 is 0 Å². The van der Waals surface area contributed by atoms with E-state index in [4.69, 9.17) is 5.73 Å². The van der Waals surface area contributed by atoms with E-state index in [1.54, 1.807) is 6.92 Å². The van der Waals surface area contributed by atoms with Gasteiger partial charge in [-0.15, -0.1) is 0 Å². The molecule has 1 unspecified atom stereocenters. The van der Waals surface area contributed by atoms with Gasteiger partial charge in [-0.25, -0.2) is 8.78 Å². The quantitative estimate of drug-likeness (QED) is 0.847. The lowest BCUT2D eigenvalue weighted by molar-refractivity contribution is 0.347. The van der Waals surface area contributed by atoms with Gasteiger partial charge in [0.1, 0.15) is 11.6 Å². The monoisotopic (exact) mass is 241 g/mol. The predicted molar refractivity (Wildman–Crippen MR) is 66.7 cm³/mol. The molecule has 1 rings (SSSR count). The number of halogens is 2. The lowest BCUT2D eigenvalue weighted by Gasteiger charge is -2.21. The Morgan fingerprint density at radius 1 is 1.18 bits per heavy atom. The summed E-state index contributed by atoms with van der Waals surface area (Å²) in [7, 11) is 0. The van der Waals surface area contributed by atoms with Gasteiger partial charge in [-0.3, -0.25) is 0 Å². The minimum absolute atomic E-state index is 0.170. The molecule has 0 radical (unpaired) electrons. The van der Waals surface area contributed by atoms with Gasteiger partial charge in [0.15, 0.2) is 0 Å². The van der Waals surface area contributed by atoms with E-state index < -0.39 is 11.6 Å². The Bertz CT molecular complexity index is 394.